The Labute approximate surface area is 140 Å². The Morgan fingerprint density at radius 1 is 0.923 bits per heavy atom. The number of hydrogen-bond donors (Lipinski definition) is 1. The number of amides is 1. The van der Waals surface area contributed by atoms with Crippen molar-refractivity contribution >= 4 is 6.09 Å². The van der Waals surface area contributed by atoms with E-state index < -0.39 is 59.4 Å². The predicted molar refractivity (Wildman–Crippen MR) is 68.1 cm³/mol. The van der Waals surface area contributed by atoms with Gasteiger partial charge in [0.25, 0.3) is 0 Å². The molecule has 2 rings (SSSR count). The molecule has 1 unspecified atom stereocenters. The maximum absolute atomic E-state index is 13.4. The minimum Gasteiger partial charge on any atom is -0.443 e. The van der Waals surface area contributed by atoms with Crippen LogP contribution in [0.5, 0.6) is 0 Å². The average Bonchev–Trinajstić information content (AvgIpc) is 2.74. The summed E-state index contributed by atoms with van der Waals surface area (Å²) in [4.78, 5) is 11.1. The molecule has 1 aliphatic heterocycles. The van der Waals surface area contributed by atoms with Gasteiger partial charge in [-0.15, -0.1) is 0 Å². The average molecular weight is 395 g/mol. The van der Waals surface area contributed by atoms with E-state index in [-0.39, 0.29) is 18.2 Å². The summed E-state index contributed by atoms with van der Waals surface area (Å²) in [5, 5.41) is 1.97. The molecule has 0 aromatic heterocycles. The van der Waals surface area contributed by atoms with E-state index in [0.29, 0.717) is 0 Å². The zero-order chi connectivity index (χ0) is 20.1. The lowest BCUT2D eigenvalue weighted by atomic mass is 9.87. The quantitative estimate of drug-likeness (QED) is 0.726. The molecule has 0 bridgehead atoms. The standard InChI is InChI=1S/C14H10F9NO2/c1-5-10(26-11(25)24-5)9(14(21,22)23)6-2-7(12(15,16)17)4-8(3-6)13(18,19)20/h2-5,9-10H,1H3,(H,24,25)/t5-,9?,10-/m0/s1. The summed E-state index contributed by atoms with van der Waals surface area (Å²) < 4.78 is 122. The van der Waals surface area contributed by atoms with Gasteiger partial charge in [-0.1, -0.05) is 0 Å². The Kier molecular flexibility index (Phi) is 4.84. The highest BCUT2D eigenvalue weighted by Crippen LogP contribution is 2.44. The predicted octanol–water partition coefficient (Wildman–Crippen LogP) is 4.87. The third kappa shape index (κ3) is 4.15. The molecule has 0 saturated carbocycles. The fourth-order valence-corrected chi connectivity index (χ4v) is 2.61. The number of cyclic esters (lactones) is 1. The summed E-state index contributed by atoms with van der Waals surface area (Å²) >= 11 is 0. The van der Waals surface area contributed by atoms with Gasteiger partial charge in [0.2, 0.25) is 0 Å². The van der Waals surface area contributed by atoms with Gasteiger partial charge in [-0.05, 0) is 30.7 Å². The van der Waals surface area contributed by atoms with Crippen LogP contribution in [0.25, 0.3) is 0 Å². The Hall–Kier alpha value is -2.14. The molecule has 1 aromatic rings. The van der Waals surface area contributed by atoms with Crippen LogP contribution in [0.2, 0.25) is 0 Å². The second-order valence-corrected chi connectivity index (χ2v) is 5.66. The van der Waals surface area contributed by atoms with Crippen molar-refractivity contribution in [3.63, 3.8) is 0 Å². The lowest BCUT2D eigenvalue weighted by Gasteiger charge is -2.28. The van der Waals surface area contributed by atoms with Gasteiger partial charge < -0.3 is 10.1 Å². The molecule has 146 valence electrons. The molecule has 1 aliphatic rings. The lowest BCUT2D eigenvalue weighted by molar-refractivity contribution is -0.171. The molecule has 12 heteroatoms. The molecule has 0 spiro atoms. The van der Waals surface area contributed by atoms with Crippen molar-refractivity contribution in [3.05, 3.63) is 34.9 Å². The molecule has 1 N–H and O–H groups in total. The van der Waals surface area contributed by atoms with E-state index in [1.54, 1.807) is 0 Å². The van der Waals surface area contributed by atoms with E-state index >= 15 is 0 Å². The molecule has 1 heterocycles. The third-order valence-electron chi connectivity index (χ3n) is 3.73. The van der Waals surface area contributed by atoms with Crippen LogP contribution in [0, 0.1) is 0 Å². The highest BCUT2D eigenvalue weighted by atomic mass is 19.4. The SMILES string of the molecule is C[C@@H]1NC(=O)O[C@@H]1C(c1cc(C(F)(F)F)cc(C(F)(F)F)c1)C(F)(F)F. The van der Waals surface area contributed by atoms with Crippen molar-refractivity contribution in [1.82, 2.24) is 5.32 Å². The summed E-state index contributed by atoms with van der Waals surface area (Å²) in [6.07, 6.45) is -19.1. The Morgan fingerprint density at radius 2 is 1.38 bits per heavy atom. The van der Waals surface area contributed by atoms with Gasteiger partial charge in [0, 0.05) is 0 Å². The van der Waals surface area contributed by atoms with Crippen molar-refractivity contribution in [2.75, 3.05) is 0 Å². The Balaban J connectivity index is 2.66. The number of benzene rings is 1. The van der Waals surface area contributed by atoms with Crippen LogP contribution in [0.15, 0.2) is 18.2 Å². The summed E-state index contributed by atoms with van der Waals surface area (Å²) in [7, 11) is 0. The molecular weight excluding hydrogens is 385 g/mol. The van der Waals surface area contributed by atoms with Crippen LogP contribution in [-0.4, -0.2) is 24.4 Å². The monoisotopic (exact) mass is 395 g/mol. The lowest BCUT2D eigenvalue weighted by Crippen LogP contribution is -2.39. The molecule has 3 atom stereocenters. The second-order valence-electron chi connectivity index (χ2n) is 5.66. The molecule has 3 nitrogen and oxygen atoms in total. The minimum atomic E-state index is -5.30. The molecular formula is C14H10F9NO2. The van der Waals surface area contributed by atoms with Gasteiger partial charge in [-0.2, -0.15) is 39.5 Å². The minimum absolute atomic E-state index is 0.0216. The second kappa shape index (κ2) is 6.23. The third-order valence-corrected chi connectivity index (χ3v) is 3.73. The van der Waals surface area contributed by atoms with Gasteiger partial charge >= 0.3 is 24.6 Å². The topological polar surface area (TPSA) is 38.3 Å². The molecule has 0 aliphatic carbocycles. The summed E-state index contributed by atoms with van der Waals surface area (Å²) in [5.41, 5.74) is -5.07. The van der Waals surface area contributed by atoms with E-state index in [9.17, 15) is 44.3 Å². The van der Waals surface area contributed by atoms with Crippen molar-refractivity contribution < 1.29 is 49.0 Å². The number of nitrogens with one attached hydrogen (secondary N) is 1. The number of ether oxygens (including phenoxy) is 1. The first-order valence-corrected chi connectivity index (χ1v) is 6.94. The number of carbonyl (C=O) groups is 1. The van der Waals surface area contributed by atoms with E-state index in [1.807, 2.05) is 5.32 Å². The number of alkyl halides is 9. The first-order valence-electron chi connectivity index (χ1n) is 6.94. The number of alkyl carbamates (subject to hydrolysis) is 1. The van der Waals surface area contributed by atoms with Crippen LogP contribution in [-0.2, 0) is 17.1 Å². The van der Waals surface area contributed by atoms with Crippen LogP contribution < -0.4 is 5.32 Å². The van der Waals surface area contributed by atoms with Crippen molar-refractivity contribution in [3.8, 4) is 0 Å². The van der Waals surface area contributed by atoms with Crippen LogP contribution in [0.3, 0.4) is 0 Å². The van der Waals surface area contributed by atoms with Crippen LogP contribution >= 0.6 is 0 Å². The van der Waals surface area contributed by atoms with Crippen molar-refractivity contribution in [1.29, 1.82) is 0 Å². The summed E-state index contributed by atoms with van der Waals surface area (Å²) in [5.74, 6) is -2.88. The number of hydrogen-bond acceptors (Lipinski definition) is 2. The fourth-order valence-electron chi connectivity index (χ4n) is 2.61. The highest BCUT2D eigenvalue weighted by molar-refractivity contribution is 5.70. The van der Waals surface area contributed by atoms with E-state index in [4.69, 9.17) is 0 Å². The number of carbonyl (C=O) groups excluding carboxylic acids is 1. The van der Waals surface area contributed by atoms with Crippen molar-refractivity contribution in [2.45, 2.75) is 43.5 Å². The molecule has 1 saturated heterocycles. The smallest absolute Gasteiger partial charge is 0.416 e. The Bertz CT molecular complexity index is 661. The van der Waals surface area contributed by atoms with E-state index in [0.717, 1.165) is 6.92 Å². The largest absolute Gasteiger partial charge is 0.443 e. The fraction of sp³-hybridized carbons (Fsp3) is 0.500. The van der Waals surface area contributed by atoms with Crippen LogP contribution in [0.1, 0.15) is 29.5 Å². The Morgan fingerprint density at radius 3 is 1.69 bits per heavy atom. The molecule has 0 radical (unpaired) electrons. The normalized spacial score (nSPS) is 22.8. The highest BCUT2D eigenvalue weighted by Gasteiger charge is 2.53. The number of halogens is 9. The maximum atomic E-state index is 13.4. The van der Waals surface area contributed by atoms with Gasteiger partial charge in [-0.25, -0.2) is 4.79 Å². The zero-order valence-electron chi connectivity index (χ0n) is 12.7. The van der Waals surface area contributed by atoms with E-state index in [2.05, 4.69) is 4.74 Å². The maximum Gasteiger partial charge on any atom is 0.416 e. The molecule has 26 heavy (non-hydrogen) atoms. The van der Waals surface area contributed by atoms with Gasteiger partial charge in [0.1, 0.15) is 12.0 Å². The first kappa shape index (κ1) is 20.2. The van der Waals surface area contributed by atoms with Gasteiger partial charge in [0.05, 0.1) is 17.2 Å². The van der Waals surface area contributed by atoms with E-state index in [1.165, 1.54) is 0 Å². The van der Waals surface area contributed by atoms with Crippen LogP contribution in [0.4, 0.5) is 44.3 Å². The molecule has 1 aromatic carbocycles. The molecule has 1 fully saturated rings. The number of rotatable bonds is 2. The molecule has 1 amide bonds. The van der Waals surface area contributed by atoms with Gasteiger partial charge in [0.15, 0.2) is 0 Å². The first-order chi connectivity index (χ1) is 11.6. The zero-order valence-corrected chi connectivity index (χ0v) is 12.7. The summed E-state index contributed by atoms with van der Waals surface area (Å²) in [6, 6.07) is -1.60. The summed E-state index contributed by atoms with van der Waals surface area (Å²) in [6.45, 7) is 1.09. The van der Waals surface area contributed by atoms with Crippen molar-refractivity contribution in [2.24, 2.45) is 0 Å². The van der Waals surface area contributed by atoms with Gasteiger partial charge in [-0.3, -0.25) is 0 Å².